The molecule has 0 spiro atoms. The van der Waals surface area contributed by atoms with Gasteiger partial charge in [0.2, 0.25) is 0 Å². The van der Waals surface area contributed by atoms with Crippen LogP contribution in [0.2, 0.25) is 0 Å². The molecule has 0 aromatic rings. The standard InChI is InChI=1S/C7H14N2O2/c1-7(2,5-10)9-4-3-8-6(9)11/h10H,3-5H2,1-2H3,(H,8,11). The molecule has 1 aliphatic rings. The lowest BCUT2D eigenvalue weighted by Crippen LogP contribution is -2.48. The van der Waals surface area contributed by atoms with Crippen LogP contribution in [0.25, 0.3) is 0 Å². The van der Waals surface area contributed by atoms with Gasteiger partial charge in [-0.15, -0.1) is 0 Å². The Kier molecular flexibility index (Phi) is 2.04. The summed E-state index contributed by atoms with van der Waals surface area (Å²) in [5.41, 5.74) is -0.430. The number of hydrogen-bond donors (Lipinski definition) is 2. The average molecular weight is 158 g/mol. The summed E-state index contributed by atoms with van der Waals surface area (Å²) in [6.45, 7) is 5.06. The molecule has 0 aliphatic carbocycles. The third-order valence-corrected chi connectivity index (χ3v) is 1.97. The topological polar surface area (TPSA) is 52.6 Å². The van der Waals surface area contributed by atoms with Crippen LogP contribution in [0.15, 0.2) is 0 Å². The van der Waals surface area contributed by atoms with E-state index < -0.39 is 5.54 Å². The van der Waals surface area contributed by atoms with Crippen LogP contribution in [-0.4, -0.2) is 41.3 Å². The molecule has 11 heavy (non-hydrogen) atoms. The Morgan fingerprint density at radius 2 is 2.36 bits per heavy atom. The molecule has 1 fully saturated rings. The lowest BCUT2D eigenvalue weighted by atomic mass is 10.1. The second kappa shape index (κ2) is 2.70. The van der Waals surface area contributed by atoms with Gasteiger partial charge in [0.15, 0.2) is 0 Å². The maximum atomic E-state index is 11.1. The first-order valence-electron chi connectivity index (χ1n) is 3.74. The van der Waals surface area contributed by atoms with Gasteiger partial charge in [-0.2, -0.15) is 0 Å². The van der Waals surface area contributed by atoms with E-state index in [2.05, 4.69) is 5.32 Å². The van der Waals surface area contributed by atoms with Crippen LogP contribution < -0.4 is 5.32 Å². The number of carbonyl (C=O) groups excluding carboxylic acids is 1. The van der Waals surface area contributed by atoms with Gasteiger partial charge in [-0.3, -0.25) is 0 Å². The molecular weight excluding hydrogens is 144 g/mol. The summed E-state index contributed by atoms with van der Waals surface area (Å²) in [5, 5.41) is 11.6. The molecule has 4 heteroatoms. The monoisotopic (exact) mass is 158 g/mol. The smallest absolute Gasteiger partial charge is 0.318 e. The average Bonchev–Trinajstić information content (AvgIpc) is 2.36. The van der Waals surface area contributed by atoms with E-state index in [1.54, 1.807) is 4.90 Å². The van der Waals surface area contributed by atoms with Crippen molar-refractivity contribution in [3.8, 4) is 0 Å². The summed E-state index contributed by atoms with van der Waals surface area (Å²) in [5.74, 6) is 0. The number of nitrogens with one attached hydrogen (secondary N) is 1. The number of nitrogens with zero attached hydrogens (tertiary/aromatic N) is 1. The Morgan fingerprint density at radius 1 is 1.73 bits per heavy atom. The van der Waals surface area contributed by atoms with Gasteiger partial charge in [-0.25, -0.2) is 4.79 Å². The lowest BCUT2D eigenvalue weighted by Gasteiger charge is -2.32. The molecule has 0 bridgehead atoms. The number of aliphatic hydroxyl groups is 1. The van der Waals surface area contributed by atoms with Crippen LogP contribution in [0.5, 0.6) is 0 Å². The third-order valence-electron chi connectivity index (χ3n) is 1.97. The van der Waals surface area contributed by atoms with E-state index in [1.165, 1.54) is 0 Å². The van der Waals surface area contributed by atoms with E-state index in [-0.39, 0.29) is 12.6 Å². The van der Waals surface area contributed by atoms with E-state index in [0.29, 0.717) is 13.1 Å². The molecular formula is C7H14N2O2. The fourth-order valence-electron chi connectivity index (χ4n) is 1.13. The molecule has 2 N–H and O–H groups in total. The number of urea groups is 1. The molecule has 0 atom stereocenters. The predicted octanol–water partition coefficient (Wildman–Crippen LogP) is -0.217. The molecule has 1 rings (SSSR count). The molecule has 1 aliphatic heterocycles. The zero-order valence-electron chi connectivity index (χ0n) is 6.92. The van der Waals surface area contributed by atoms with E-state index in [1.807, 2.05) is 13.8 Å². The summed E-state index contributed by atoms with van der Waals surface area (Å²) in [4.78, 5) is 12.7. The van der Waals surface area contributed by atoms with Crippen LogP contribution >= 0.6 is 0 Å². The minimum atomic E-state index is -0.430. The van der Waals surface area contributed by atoms with E-state index in [4.69, 9.17) is 5.11 Å². The van der Waals surface area contributed by atoms with Crippen molar-refractivity contribution in [3.05, 3.63) is 0 Å². The number of aliphatic hydroxyl groups excluding tert-OH is 1. The van der Waals surface area contributed by atoms with Crippen LogP contribution in [-0.2, 0) is 0 Å². The molecule has 0 saturated carbocycles. The molecule has 0 aromatic heterocycles. The van der Waals surface area contributed by atoms with Crippen LogP contribution in [0.1, 0.15) is 13.8 Å². The maximum absolute atomic E-state index is 11.1. The maximum Gasteiger partial charge on any atom is 0.318 e. The van der Waals surface area contributed by atoms with Gasteiger partial charge in [0, 0.05) is 13.1 Å². The highest BCUT2D eigenvalue weighted by molar-refractivity contribution is 5.77. The fraction of sp³-hybridized carbons (Fsp3) is 0.857. The van der Waals surface area contributed by atoms with Gasteiger partial charge in [0.25, 0.3) is 0 Å². The van der Waals surface area contributed by atoms with Crippen molar-refractivity contribution >= 4 is 6.03 Å². The van der Waals surface area contributed by atoms with Crippen molar-refractivity contribution in [1.82, 2.24) is 10.2 Å². The van der Waals surface area contributed by atoms with Crippen molar-refractivity contribution in [2.45, 2.75) is 19.4 Å². The fourth-order valence-corrected chi connectivity index (χ4v) is 1.13. The SMILES string of the molecule is CC(C)(CO)N1CCNC1=O. The molecule has 64 valence electrons. The summed E-state index contributed by atoms with van der Waals surface area (Å²) in [6, 6.07) is -0.0796. The van der Waals surface area contributed by atoms with E-state index in [9.17, 15) is 4.79 Å². The lowest BCUT2D eigenvalue weighted by molar-refractivity contribution is 0.0970. The molecule has 4 nitrogen and oxygen atoms in total. The Labute approximate surface area is 66.2 Å². The van der Waals surface area contributed by atoms with Crippen LogP contribution in [0.3, 0.4) is 0 Å². The summed E-state index contributed by atoms with van der Waals surface area (Å²) < 4.78 is 0. The highest BCUT2D eigenvalue weighted by Gasteiger charge is 2.33. The second-order valence-corrected chi connectivity index (χ2v) is 3.35. The van der Waals surface area contributed by atoms with Gasteiger partial charge in [-0.1, -0.05) is 0 Å². The summed E-state index contributed by atoms with van der Waals surface area (Å²) in [6.07, 6.45) is 0. The number of hydrogen-bond acceptors (Lipinski definition) is 2. The molecule has 0 aromatic carbocycles. The normalized spacial score (nSPS) is 18.8. The van der Waals surface area contributed by atoms with E-state index in [0.717, 1.165) is 0 Å². The first kappa shape index (κ1) is 8.33. The van der Waals surface area contributed by atoms with Crippen molar-refractivity contribution in [1.29, 1.82) is 0 Å². The van der Waals surface area contributed by atoms with Gasteiger partial charge in [-0.05, 0) is 13.8 Å². The van der Waals surface area contributed by atoms with Crippen LogP contribution in [0, 0.1) is 0 Å². The Bertz CT molecular complexity index is 168. The van der Waals surface area contributed by atoms with Gasteiger partial charge >= 0.3 is 6.03 Å². The Hall–Kier alpha value is -0.770. The first-order chi connectivity index (χ1) is 5.08. The zero-order valence-corrected chi connectivity index (χ0v) is 6.92. The Morgan fingerprint density at radius 3 is 2.73 bits per heavy atom. The van der Waals surface area contributed by atoms with Gasteiger partial charge in [0.1, 0.15) is 0 Å². The van der Waals surface area contributed by atoms with Crippen molar-refractivity contribution in [3.63, 3.8) is 0 Å². The molecule has 0 radical (unpaired) electrons. The summed E-state index contributed by atoms with van der Waals surface area (Å²) in [7, 11) is 0. The molecule has 1 saturated heterocycles. The minimum Gasteiger partial charge on any atom is -0.394 e. The minimum absolute atomic E-state index is 0.000417. The molecule has 1 heterocycles. The largest absolute Gasteiger partial charge is 0.394 e. The number of amides is 2. The highest BCUT2D eigenvalue weighted by atomic mass is 16.3. The quantitative estimate of drug-likeness (QED) is 0.584. The Balaban J connectivity index is 2.65. The van der Waals surface area contributed by atoms with Gasteiger partial charge < -0.3 is 15.3 Å². The first-order valence-corrected chi connectivity index (χ1v) is 3.74. The third kappa shape index (κ3) is 1.45. The molecule has 0 unspecified atom stereocenters. The van der Waals surface area contributed by atoms with Crippen molar-refractivity contribution in [2.24, 2.45) is 0 Å². The number of carbonyl (C=O) groups is 1. The molecule has 2 amide bonds. The van der Waals surface area contributed by atoms with Crippen molar-refractivity contribution in [2.75, 3.05) is 19.7 Å². The van der Waals surface area contributed by atoms with Crippen molar-refractivity contribution < 1.29 is 9.90 Å². The highest BCUT2D eigenvalue weighted by Crippen LogP contribution is 2.15. The zero-order chi connectivity index (χ0) is 8.48. The van der Waals surface area contributed by atoms with Gasteiger partial charge in [0.05, 0.1) is 12.1 Å². The predicted molar refractivity (Wildman–Crippen MR) is 41.3 cm³/mol. The summed E-state index contributed by atoms with van der Waals surface area (Å²) >= 11 is 0. The van der Waals surface area contributed by atoms with E-state index >= 15 is 0 Å². The second-order valence-electron chi connectivity index (χ2n) is 3.35. The van der Waals surface area contributed by atoms with Crippen LogP contribution in [0.4, 0.5) is 4.79 Å². The number of rotatable bonds is 2.